The molecule has 0 saturated carbocycles. The molecule has 0 radical (unpaired) electrons. The summed E-state index contributed by atoms with van der Waals surface area (Å²) in [4.78, 5) is 1.18. The van der Waals surface area contributed by atoms with E-state index >= 15 is 0 Å². The molecule has 6 atom stereocenters. The second-order valence-corrected chi connectivity index (χ2v) is 18.2. The molecule has 2 heterocycles. The minimum absolute atomic E-state index is 0.0319. The minimum atomic E-state index is -2.02. The molecule has 0 bridgehead atoms. The van der Waals surface area contributed by atoms with Crippen molar-refractivity contribution in [3.8, 4) is 5.75 Å². The van der Waals surface area contributed by atoms with E-state index in [-0.39, 0.29) is 34.2 Å². The number of ether oxygens (including phenoxy) is 4. The molecule has 204 valence electrons. The first-order chi connectivity index (χ1) is 17.6. The molecule has 2 saturated heterocycles. The molecule has 1 unspecified atom stereocenters. The highest BCUT2D eigenvalue weighted by Crippen LogP contribution is 2.42. The van der Waals surface area contributed by atoms with E-state index in [1.54, 1.807) is 18.9 Å². The van der Waals surface area contributed by atoms with E-state index in [1.807, 2.05) is 42.5 Å². The van der Waals surface area contributed by atoms with Crippen molar-refractivity contribution >= 4 is 31.7 Å². The summed E-state index contributed by atoms with van der Waals surface area (Å²) in [6.45, 7) is 11.9. The van der Waals surface area contributed by atoms with E-state index < -0.39 is 14.6 Å². The van der Waals surface area contributed by atoms with Crippen LogP contribution in [0.3, 0.4) is 0 Å². The number of fused-ring (bicyclic) bond motifs is 1. The third-order valence-electron chi connectivity index (χ3n) is 7.68. The van der Waals surface area contributed by atoms with Gasteiger partial charge in [-0.2, -0.15) is 0 Å². The zero-order valence-electron chi connectivity index (χ0n) is 22.8. The maximum absolute atomic E-state index is 6.95. The molecule has 37 heavy (non-hydrogen) atoms. The number of alkyl halides is 1. The molecule has 0 N–H and O–H groups in total. The highest BCUT2D eigenvalue weighted by molar-refractivity contribution is 8.01. The first kappa shape index (κ1) is 28.9. The lowest BCUT2D eigenvalue weighted by Crippen LogP contribution is -2.57. The number of rotatable bonds is 9. The van der Waals surface area contributed by atoms with Crippen molar-refractivity contribution in [3.63, 3.8) is 0 Å². The van der Waals surface area contributed by atoms with E-state index in [2.05, 4.69) is 46.0 Å². The molecular weight excluding hydrogens is 524 g/mol. The average Bonchev–Trinajstić information content (AvgIpc) is 2.87. The van der Waals surface area contributed by atoms with Crippen molar-refractivity contribution in [2.45, 2.75) is 98.5 Å². The molecule has 2 aliphatic rings. The molecule has 0 aromatic heterocycles. The van der Waals surface area contributed by atoms with E-state index in [9.17, 15) is 0 Å². The van der Waals surface area contributed by atoms with Gasteiger partial charge in [0.25, 0.3) is 0 Å². The van der Waals surface area contributed by atoms with Crippen LogP contribution in [0.4, 0.5) is 0 Å². The molecule has 0 spiro atoms. The van der Waals surface area contributed by atoms with Gasteiger partial charge in [-0.15, -0.1) is 23.4 Å². The summed E-state index contributed by atoms with van der Waals surface area (Å²) in [5, 5.41) is 0.106. The van der Waals surface area contributed by atoms with Gasteiger partial charge in [0.05, 0.1) is 36.7 Å². The van der Waals surface area contributed by atoms with Gasteiger partial charge in [-0.25, -0.2) is 0 Å². The van der Waals surface area contributed by atoms with Crippen LogP contribution in [0, 0.1) is 0 Å². The molecule has 2 fully saturated rings. The summed E-state index contributed by atoms with van der Waals surface area (Å²) >= 11 is 8.44. The summed E-state index contributed by atoms with van der Waals surface area (Å²) in [6.07, 6.45) is 1.74. The number of halogens is 1. The third kappa shape index (κ3) is 7.53. The van der Waals surface area contributed by atoms with Crippen LogP contribution >= 0.6 is 23.4 Å². The van der Waals surface area contributed by atoms with Crippen molar-refractivity contribution in [2.24, 2.45) is 0 Å². The van der Waals surface area contributed by atoms with Crippen molar-refractivity contribution in [1.82, 2.24) is 0 Å². The number of hydrogen-bond acceptors (Lipinski definition) is 6. The van der Waals surface area contributed by atoms with Crippen LogP contribution in [-0.2, 0) is 18.6 Å². The smallest absolute Gasteiger partial charge is 0.192 e. The SMILES string of the molecule is COc1ccc([C@@H]2OC[C@H]3O[C@@H](CCC(Cl)Sc4ccccc4)[C@H](O[Si](C)(C)C(C)(C)C)C[C@@H]3O2)cc1. The van der Waals surface area contributed by atoms with Gasteiger partial charge in [0, 0.05) is 16.9 Å². The van der Waals surface area contributed by atoms with Gasteiger partial charge in [-0.1, -0.05) is 51.1 Å². The molecule has 8 heteroatoms. The van der Waals surface area contributed by atoms with Gasteiger partial charge in [0.2, 0.25) is 0 Å². The topological polar surface area (TPSA) is 46.2 Å². The Morgan fingerprint density at radius 3 is 2.38 bits per heavy atom. The first-order valence-corrected chi connectivity index (χ1v) is 17.4. The van der Waals surface area contributed by atoms with E-state index in [1.165, 1.54) is 4.90 Å². The molecule has 2 aromatic carbocycles. The van der Waals surface area contributed by atoms with Gasteiger partial charge in [0.1, 0.15) is 11.9 Å². The number of benzene rings is 2. The van der Waals surface area contributed by atoms with Crippen LogP contribution < -0.4 is 4.74 Å². The highest BCUT2D eigenvalue weighted by Gasteiger charge is 2.47. The zero-order chi connectivity index (χ0) is 26.6. The van der Waals surface area contributed by atoms with Crippen LogP contribution in [-0.4, -0.2) is 51.2 Å². The van der Waals surface area contributed by atoms with Gasteiger partial charge >= 0.3 is 0 Å². The largest absolute Gasteiger partial charge is 0.497 e. The van der Waals surface area contributed by atoms with Crippen LogP contribution in [0.25, 0.3) is 0 Å². The van der Waals surface area contributed by atoms with Crippen LogP contribution in [0.15, 0.2) is 59.5 Å². The van der Waals surface area contributed by atoms with Gasteiger partial charge in [-0.05, 0) is 55.2 Å². The molecule has 4 rings (SSSR count). The van der Waals surface area contributed by atoms with Gasteiger partial charge in [0.15, 0.2) is 14.6 Å². The Labute approximate surface area is 232 Å². The minimum Gasteiger partial charge on any atom is -0.497 e. The van der Waals surface area contributed by atoms with Crippen molar-refractivity contribution in [2.75, 3.05) is 13.7 Å². The molecule has 2 aliphatic heterocycles. The second kappa shape index (κ2) is 12.4. The Morgan fingerprint density at radius 1 is 1.03 bits per heavy atom. The van der Waals surface area contributed by atoms with Gasteiger partial charge < -0.3 is 23.4 Å². The Bertz CT molecular complexity index is 984. The Hall–Kier alpha value is -1.06. The summed E-state index contributed by atoms with van der Waals surface area (Å²) in [5.74, 6) is 0.812. The lowest BCUT2D eigenvalue weighted by Gasteiger charge is -2.48. The monoisotopic (exact) mass is 564 g/mol. The predicted molar refractivity (Wildman–Crippen MR) is 153 cm³/mol. The average molecular weight is 565 g/mol. The predicted octanol–water partition coefficient (Wildman–Crippen LogP) is 7.79. The Balaban J connectivity index is 1.44. The van der Waals surface area contributed by atoms with Crippen LogP contribution in [0.5, 0.6) is 5.75 Å². The standard InChI is InChI=1S/C29H41ClO5SSi/c1-29(2,3)37(5,6)35-25-18-24-26(19-32-28(34-24)20-12-14-21(31-4)15-13-20)33-23(25)16-17-27(30)36-22-10-8-7-9-11-22/h7-15,23-28H,16-19H2,1-6H3/t23-,24-,25+,26+,27?,28+/m0/s1. The maximum atomic E-state index is 6.95. The van der Waals surface area contributed by atoms with Crippen LogP contribution in [0.2, 0.25) is 18.1 Å². The van der Waals surface area contributed by atoms with E-state index in [0.29, 0.717) is 6.61 Å². The summed E-state index contributed by atoms with van der Waals surface area (Å²) in [7, 11) is -0.353. The van der Waals surface area contributed by atoms with Gasteiger partial charge in [-0.3, -0.25) is 0 Å². The molecular formula is C29H41ClO5SSi. The maximum Gasteiger partial charge on any atom is 0.192 e. The summed E-state index contributed by atoms with van der Waals surface area (Å²) in [5.41, 5.74) is 0.978. The molecule has 0 amide bonds. The Kier molecular flexibility index (Phi) is 9.71. The van der Waals surface area contributed by atoms with Crippen molar-refractivity contribution in [1.29, 1.82) is 0 Å². The number of methoxy groups -OCH3 is 1. The van der Waals surface area contributed by atoms with Crippen LogP contribution in [0.1, 0.15) is 51.9 Å². The molecule has 0 aliphatic carbocycles. The highest BCUT2D eigenvalue weighted by atomic mass is 35.5. The second-order valence-electron chi connectivity index (χ2n) is 11.4. The fraction of sp³-hybridized carbons (Fsp3) is 0.586. The lowest BCUT2D eigenvalue weighted by molar-refractivity contribution is -0.301. The first-order valence-electron chi connectivity index (χ1n) is 13.2. The summed E-state index contributed by atoms with van der Waals surface area (Å²) < 4.78 is 31.4. The quantitative estimate of drug-likeness (QED) is 0.176. The zero-order valence-corrected chi connectivity index (χ0v) is 25.4. The Morgan fingerprint density at radius 2 is 1.73 bits per heavy atom. The summed E-state index contributed by atoms with van der Waals surface area (Å²) in [6, 6.07) is 18.2. The van der Waals surface area contributed by atoms with E-state index in [0.717, 1.165) is 30.6 Å². The number of hydrogen-bond donors (Lipinski definition) is 0. The molecule has 5 nitrogen and oxygen atoms in total. The van der Waals surface area contributed by atoms with Crippen molar-refractivity contribution < 1.29 is 23.4 Å². The van der Waals surface area contributed by atoms with Crippen molar-refractivity contribution in [3.05, 3.63) is 60.2 Å². The number of thioether (sulfide) groups is 1. The van der Waals surface area contributed by atoms with E-state index in [4.69, 9.17) is 35.0 Å². The lowest BCUT2D eigenvalue weighted by atomic mass is 9.95. The fourth-order valence-electron chi connectivity index (χ4n) is 4.47. The normalized spacial score (nSPS) is 27.4. The molecule has 2 aromatic rings. The third-order valence-corrected chi connectivity index (χ3v) is 13.7. The fourth-order valence-corrected chi connectivity index (χ4v) is 7.13.